The van der Waals surface area contributed by atoms with Gasteiger partial charge in [0.25, 0.3) is 0 Å². The molecule has 0 aliphatic rings. The molecule has 0 atom stereocenters. The van der Waals surface area contributed by atoms with Crippen LogP contribution in [0.4, 0.5) is 0 Å². The van der Waals surface area contributed by atoms with Crippen molar-refractivity contribution in [2.24, 2.45) is 0 Å². The zero-order valence-electron chi connectivity index (χ0n) is 12.0. The van der Waals surface area contributed by atoms with Crippen LogP contribution in [0.5, 0.6) is 0 Å². The molecule has 1 N–H and O–H groups in total. The van der Waals surface area contributed by atoms with Crippen LogP contribution in [0.15, 0.2) is 28.7 Å². The van der Waals surface area contributed by atoms with E-state index < -0.39 is 0 Å². The summed E-state index contributed by atoms with van der Waals surface area (Å²) in [4.78, 5) is 2.35. The highest BCUT2D eigenvalue weighted by Crippen LogP contribution is 2.13. The maximum absolute atomic E-state index is 3.59. The summed E-state index contributed by atoms with van der Waals surface area (Å²) in [5, 5.41) is 3.59. The zero-order chi connectivity index (χ0) is 13.6. The fraction of sp³-hybridized carbons (Fsp3) is 0.600. The lowest BCUT2D eigenvalue weighted by Crippen LogP contribution is -2.42. The largest absolute Gasteiger partial charge is 0.311 e. The normalized spacial score (nSPS) is 12.1. The van der Waals surface area contributed by atoms with Crippen LogP contribution >= 0.6 is 15.9 Å². The first-order chi connectivity index (χ1) is 8.43. The van der Waals surface area contributed by atoms with Crippen molar-refractivity contribution in [3.8, 4) is 0 Å². The second kappa shape index (κ2) is 7.27. The molecule has 1 aromatic carbocycles. The predicted octanol–water partition coefficient (Wildman–Crippen LogP) is 3.66. The number of hydrogen-bond acceptors (Lipinski definition) is 2. The molecule has 0 saturated carbocycles. The molecule has 18 heavy (non-hydrogen) atoms. The Bertz CT molecular complexity index is 363. The van der Waals surface area contributed by atoms with Gasteiger partial charge in [-0.2, -0.15) is 0 Å². The van der Waals surface area contributed by atoms with Gasteiger partial charge in [0.15, 0.2) is 0 Å². The lowest BCUT2D eigenvalue weighted by molar-refractivity contribution is 0.293. The number of halogens is 1. The Labute approximate surface area is 120 Å². The van der Waals surface area contributed by atoms with Gasteiger partial charge in [0.1, 0.15) is 0 Å². The summed E-state index contributed by atoms with van der Waals surface area (Å²) in [5.41, 5.74) is 1.60. The Morgan fingerprint density at radius 1 is 1.33 bits per heavy atom. The van der Waals surface area contributed by atoms with Gasteiger partial charge in [0.2, 0.25) is 0 Å². The third kappa shape index (κ3) is 5.98. The van der Waals surface area contributed by atoms with Crippen molar-refractivity contribution in [2.45, 2.75) is 39.3 Å². The summed E-state index contributed by atoms with van der Waals surface area (Å²) in [7, 11) is 2.17. The average Bonchev–Trinajstić information content (AvgIpc) is 2.28. The van der Waals surface area contributed by atoms with E-state index in [1.54, 1.807) is 0 Å². The highest BCUT2D eigenvalue weighted by Gasteiger charge is 2.13. The van der Waals surface area contributed by atoms with Gasteiger partial charge in [0.05, 0.1) is 0 Å². The summed E-state index contributed by atoms with van der Waals surface area (Å²) in [6.45, 7) is 9.82. The van der Waals surface area contributed by atoms with Crippen molar-refractivity contribution >= 4 is 15.9 Å². The Morgan fingerprint density at radius 2 is 2.06 bits per heavy atom. The number of rotatable bonds is 7. The van der Waals surface area contributed by atoms with Crippen LogP contribution in [0.2, 0.25) is 0 Å². The predicted molar refractivity (Wildman–Crippen MR) is 82.8 cm³/mol. The molecule has 0 unspecified atom stereocenters. The molecule has 1 aromatic rings. The van der Waals surface area contributed by atoms with Gasteiger partial charge in [-0.05, 0) is 45.0 Å². The molecule has 0 fully saturated rings. The average molecular weight is 313 g/mol. The Hall–Kier alpha value is -0.380. The number of likely N-dealkylation sites (N-methyl/N-ethyl adjacent to an activating group) is 1. The highest BCUT2D eigenvalue weighted by atomic mass is 79.9. The van der Waals surface area contributed by atoms with E-state index in [4.69, 9.17) is 0 Å². The smallest absolute Gasteiger partial charge is 0.0231 e. The minimum Gasteiger partial charge on any atom is -0.311 e. The SMILES string of the molecule is CCC(C)(C)NCCN(C)Cc1cccc(Br)c1. The van der Waals surface area contributed by atoms with Crippen molar-refractivity contribution in [1.29, 1.82) is 0 Å². The fourth-order valence-corrected chi connectivity index (χ4v) is 2.18. The Kier molecular flexibility index (Phi) is 6.33. The molecule has 3 heteroatoms. The van der Waals surface area contributed by atoms with Gasteiger partial charge in [0, 0.05) is 29.6 Å². The molecule has 0 aromatic heterocycles. The van der Waals surface area contributed by atoms with Crippen molar-refractivity contribution < 1.29 is 0 Å². The van der Waals surface area contributed by atoms with Crippen LogP contribution in [-0.4, -0.2) is 30.6 Å². The molecular formula is C15H25BrN2. The molecule has 1 rings (SSSR count). The van der Waals surface area contributed by atoms with Gasteiger partial charge in [-0.15, -0.1) is 0 Å². The van der Waals surface area contributed by atoms with E-state index in [-0.39, 0.29) is 5.54 Å². The van der Waals surface area contributed by atoms with Crippen molar-refractivity contribution in [2.75, 3.05) is 20.1 Å². The molecule has 0 spiro atoms. The summed E-state index contributed by atoms with van der Waals surface area (Å²) in [5.74, 6) is 0. The van der Waals surface area contributed by atoms with E-state index in [0.29, 0.717) is 0 Å². The molecule has 0 amide bonds. The van der Waals surface area contributed by atoms with Gasteiger partial charge in [-0.1, -0.05) is 35.0 Å². The first-order valence-corrected chi connectivity index (χ1v) is 7.40. The van der Waals surface area contributed by atoms with E-state index in [2.05, 4.69) is 78.2 Å². The lowest BCUT2D eigenvalue weighted by atomic mass is 10.0. The Morgan fingerprint density at radius 3 is 2.67 bits per heavy atom. The van der Waals surface area contributed by atoms with Crippen LogP contribution in [0.25, 0.3) is 0 Å². The maximum atomic E-state index is 3.59. The molecule has 0 aliphatic heterocycles. The Balaban J connectivity index is 2.32. The minimum absolute atomic E-state index is 0.247. The monoisotopic (exact) mass is 312 g/mol. The summed E-state index contributed by atoms with van der Waals surface area (Å²) >= 11 is 3.51. The number of nitrogens with zero attached hydrogens (tertiary/aromatic N) is 1. The first-order valence-electron chi connectivity index (χ1n) is 6.61. The van der Waals surface area contributed by atoms with E-state index >= 15 is 0 Å². The number of hydrogen-bond donors (Lipinski definition) is 1. The molecule has 2 nitrogen and oxygen atoms in total. The van der Waals surface area contributed by atoms with Crippen LogP contribution in [0.1, 0.15) is 32.8 Å². The van der Waals surface area contributed by atoms with Gasteiger partial charge < -0.3 is 10.2 Å². The number of nitrogens with one attached hydrogen (secondary N) is 1. The topological polar surface area (TPSA) is 15.3 Å². The van der Waals surface area contributed by atoms with Crippen LogP contribution in [0, 0.1) is 0 Å². The third-order valence-corrected chi connectivity index (χ3v) is 3.82. The van der Waals surface area contributed by atoms with Gasteiger partial charge in [-0.25, -0.2) is 0 Å². The maximum Gasteiger partial charge on any atom is 0.0231 e. The van der Waals surface area contributed by atoms with Crippen molar-refractivity contribution in [3.63, 3.8) is 0 Å². The summed E-state index contributed by atoms with van der Waals surface area (Å²) < 4.78 is 1.15. The fourth-order valence-electron chi connectivity index (χ4n) is 1.74. The van der Waals surface area contributed by atoms with Crippen molar-refractivity contribution in [1.82, 2.24) is 10.2 Å². The van der Waals surface area contributed by atoms with Gasteiger partial charge in [-0.3, -0.25) is 0 Å². The third-order valence-electron chi connectivity index (χ3n) is 3.32. The second-order valence-corrected chi connectivity index (χ2v) is 6.45. The van der Waals surface area contributed by atoms with E-state index in [1.165, 1.54) is 5.56 Å². The molecule has 102 valence electrons. The van der Waals surface area contributed by atoms with Crippen LogP contribution in [-0.2, 0) is 6.54 Å². The van der Waals surface area contributed by atoms with Crippen LogP contribution < -0.4 is 5.32 Å². The van der Waals surface area contributed by atoms with Crippen LogP contribution in [0.3, 0.4) is 0 Å². The van der Waals surface area contributed by atoms with E-state index in [1.807, 2.05) is 0 Å². The summed E-state index contributed by atoms with van der Waals surface area (Å²) in [6.07, 6.45) is 1.16. The molecule has 0 bridgehead atoms. The summed E-state index contributed by atoms with van der Waals surface area (Å²) in [6, 6.07) is 8.51. The molecular weight excluding hydrogens is 288 g/mol. The van der Waals surface area contributed by atoms with Gasteiger partial charge >= 0.3 is 0 Å². The lowest BCUT2D eigenvalue weighted by Gasteiger charge is -2.26. The first kappa shape index (κ1) is 15.7. The minimum atomic E-state index is 0.247. The second-order valence-electron chi connectivity index (χ2n) is 5.53. The standard InChI is InChI=1S/C15H25BrN2/c1-5-15(2,3)17-9-10-18(4)12-13-7-6-8-14(16)11-13/h6-8,11,17H,5,9-10,12H2,1-4H3. The highest BCUT2D eigenvalue weighted by molar-refractivity contribution is 9.10. The zero-order valence-corrected chi connectivity index (χ0v) is 13.5. The van der Waals surface area contributed by atoms with E-state index in [9.17, 15) is 0 Å². The van der Waals surface area contributed by atoms with Crippen molar-refractivity contribution in [3.05, 3.63) is 34.3 Å². The molecule has 0 aliphatic carbocycles. The molecule has 0 radical (unpaired) electrons. The number of benzene rings is 1. The molecule has 0 heterocycles. The van der Waals surface area contributed by atoms with E-state index in [0.717, 1.165) is 30.5 Å². The quantitative estimate of drug-likeness (QED) is 0.826. The molecule has 0 saturated heterocycles.